The average Bonchev–Trinajstić information content (AvgIpc) is 2.06. The van der Waals surface area contributed by atoms with Crippen LogP contribution < -0.4 is 0 Å². The van der Waals surface area contributed by atoms with Gasteiger partial charge in [-0.05, 0) is 31.8 Å². The molecule has 0 bridgehead atoms. The molecule has 0 saturated heterocycles. The summed E-state index contributed by atoms with van der Waals surface area (Å²) in [5, 5.41) is 0. The molecule has 2 aliphatic carbocycles. The summed E-state index contributed by atoms with van der Waals surface area (Å²) in [6.07, 6.45) is 13.1. The van der Waals surface area contributed by atoms with Crippen molar-refractivity contribution in [3.63, 3.8) is 0 Å². The topological polar surface area (TPSA) is 0 Å². The molecule has 0 spiro atoms. The first-order valence-corrected chi connectivity index (χ1v) is 4.43. The fourth-order valence-corrected chi connectivity index (χ4v) is 2.00. The minimum Gasteiger partial charge on any atom is -0.0807 e. The quantitative estimate of drug-likeness (QED) is 0.492. The van der Waals surface area contributed by atoms with E-state index in [0.29, 0.717) is 0 Å². The van der Waals surface area contributed by atoms with Crippen molar-refractivity contribution in [3.05, 3.63) is 35.5 Å². The number of fused-ring (bicyclic) bond motifs is 1. The van der Waals surface area contributed by atoms with Gasteiger partial charge in [-0.2, -0.15) is 0 Å². The number of allylic oxidation sites excluding steroid dienone is 6. The molecule has 1 unspecified atom stereocenters. The van der Waals surface area contributed by atoms with Gasteiger partial charge in [-0.15, -0.1) is 0 Å². The largest absolute Gasteiger partial charge is 0.0807 e. The summed E-state index contributed by atoms with van der Waals surface area (Å²) in [6.45, 7) is 2.24. The molecular weight excluding hydrogens is 132 g/mol. The molecule has 0 aromatic rings. The SMILES string of the molecule is CC1=CC=CC2=CCCCC12. The van der Waals surface area contributed by atoms with Gasteiger partial charge in [0, 0.05) is 5.92 Å². The van der Waals surface area contributed by atoms with E-state index in [-0.39, 0.29) is 0 Å². The predicted molar refractivity (Wildman–Crippen MR) is 48.3 cm³/mol. The Labute approximate surface area is 68.3 Å². The Bertz CT molecular complexity index is 241. The first kappa shape index (κ1) is 6.90. The van der Waals surface area contributed by atoms with E-state index >= 15 is 0 Å². The van der Waals surface area contributed by atoms with Gasteiger partial charge < -0.3 is 0 Å². The molecule has 0 heteroatoms. The predicted octanol–water partition coefficient (Wildman–Crippen LogP) is 3.23. The van der Waals surface area contributed by atoms with Crippen LogP contribution in [0, 0.1) is 5.92 Å². The van der Waals surface area contributed by atoms with Crippen molar-refractivity contribution >= 4 is 0 Å². The van der Waals surface area contributed by atoms with Gasteiger partial charge in [0.15, 0.2) is 0 Å². The summed E-state index contributed by atoms with van der Waals surface area (Å²) >= 11 is 0. The highest BCUT2D eigenvalue weighted by atomic mass is 14.2. The monoisotopic (exact) mass is 146 g/mol. The van der Waals surface area contributed by atoms with Crippen molar-refractivity contribution in [2.24, 2.45) is 5.92 Å². The van der Waals surface area contributed by atoms with Crippen LogP contribution in [-0.2, 0) is 0 Å². The van der Waals surface area contributed by atoms with Gasteiger partial charge in [-0.25, -0.2) is 0 Å². The lowest BCUT2D eigenvalue weighted by Crippen LogP contribution is -2.10. The third-order valence-corrected chi connectivity index (χ3v) is 2.68. The van der Waals surface area contributed by atoms with Gasteiger partial charge in [-0.3, -0.25) is 0 Å². The molecule has 0 N–H and O–H groups in total. The van der Waals surface area contributed by atoms with Crippen molar-refractivity contribution in [1.29, 1.82) is 0 Å². The molecule has 0 aromatic heterocycles. The highest BCUT2D eigenvalue weighted by Gasteiger charge is 2.18. The van der Waals surface area contributed by atoms with Gasteiger partial charge in [-0.1, -0.05) is 29.9 Å². The Hall–Kier alpha value is -0.780. The van der Waals surface area contributed by atoms with E-state index in [4.69, 9.17) is 0 Å². The van der Waals surface area contributed by atoms with E-state index in [2.05, 4.69) is 31.2 Å². The molecule has 0 radical (unpaired) electrons. The lowest BCUT2D eigenvalue weighted by Gasteiger charge is -2.25. The van der Waals surface area contributed by atoms with Crippen LogP contribution in [0.5, 0.6) is 0 Å². The number of rotatable bonds is 0. The van der Waals surface area contributed by atoms with Crippen LogP contribution in [-0.4, -0.2) is 0 Å². The highest BCUT2D eigenvalue weighted by molar-refractivity contribution is 5.38. The standard InChI is InChI=1S/C11H14/c1-9-5-4-7-10-6-2-3-8-11(9)10/h4-7,11H,2-3,8H2,1H3. The molecule has 0 heterocycles. The van der Waals surface area contributed by atoms with Crippen LogP contribution in [0.2, 0.25) is 0 Å². The minimum absolute atomic E-state index is 0.758. The molecular formula is C11H14. The Morgan fingerprint density at radius 2 is 2.36 bits per heavy atom. The number of hydrogen-bond donors (Lipinski definition) is 0. The van der Waals surface area contributed by atoms with E-state index in [9.17, 15) is 0 Å². The molecule has 0 aromatic carbocycles. The maximum Gasteiger partial charge on any atom is 0.00454 e. The number of hydrogen-bond acceptors (Lipinski definition) is 0. The van der Waals surface area contributed by atoms with Gasteiger partial charge in [0.25, 0.3) is 0 Å². The van der Waals surface area contributed by atoms with E-state index in [1.165, 1.54) is 19.3 Å². The lowest BCUT2D eigenvalue weighted by molar-refractivity contribution is 0.581. The zero-order chi connectivity index (χ0) is 7.68. The van der Waals surface area contributed by atoms with Crippen molar-refractivity contribution in [1.82, 2.24) is 0 Å². The molecule has 1 atom stereocenters. The van der Waals surface area contributed by atoms with Crippen molar-refractivity contribution in [2.45, 2.75) is 26.2 Å². The molecule has 2 aliphatic rings. The maximum absolute atomic E-state index is 2.39. The van der Waals surface area contributed by atoms with E-state index in [0.717, 1.165) is 5.92 Å². The Morgan fingerprint density at radius 1 is 1.45 bits per heavy atom. The van der Waals surface area contributed by atoms with Crippen LogP contribution in [0.4, 0.5) is 0 Å². The van der Waals surface area contributed by atoms with Gasteiger partial charge >= 0.3 is 0 Å². The summed E-state index contributed by atoms with van der Waals surface area (Å²) in [5.74, 6) is 0.758. The molecule has 0 amide bonds. The molecule has 0 saturated carbocycles. The van der Waals surface area contributed by atoms with Gasteiger partial charge in [0.1, 0.15) is 0 Å². The van der Waals surface area contributed by atoms with Crippen LogP contribution in [0.1, 0.15) is 26.2 Å². The molecule has 2 rings (SSSR count). The Balaban J connectivity index is 2.32. The van der Waals surface area contributed by atoms with Crippen LogP contribution in [0.25, 0.3) is 0 Å². The Kier molecular flexibility index (Phi) is 1.69. The van der Waals surface area contributed by atoms with Crippen molar-refractivity contribution < 1.29 is 0 Å². The first-order valence-electron chi connectivity index (χ1n) is 4.43. The summed E-state index contributed by atoms with van der Waals surface area (Å²) in [5.41, 5.74) is 3.09. The molecule has 0 nitrogen and oxygen atoms in total. The van der Waals surface area contributed by atoms with Gasteiger partial charge in [0.2, 0.25) is 0 Å². The zero-order valence-electron chi connectivity index (χ0n) is 7.01. The fourth-order valence-electron chi connectivity index (χ4n) is 2.00. The third kappa shape index (κ3) is 1.18. The lowest BCUT2D eigenvalue weighted by atomic mass is 9.80. The summed E-state index contributed by atoms with van der Waals surface area (Å²) in [6, 6.07) is 0. The fraction of sp³-hybridized carbons (Fsp3) is 0.455. The van der Waals surface area contributed by atoms with Crippen LogP contribution in [0.3, 0.4) is 0 Å². The van der Waals surface area contributed by atoms with Crippen LogP contribution >= 0.6 is 0 Å². The van der Waals surface area contributed by atoms with E-state index < -0.39 is 0 Å². The molecule has 58 valence electrons. The molecule has 0 fully saturated rings. The third-order valence-electron chi connectivity index (χ3n) is 2.68. The second-order valence-corrected chi connectivity index (χ2v) is 3.46. The second kappa shape index (κ2) is 2.69. The second-order valence-electron chi connectivity index (χ2n) is 3.46. The smallest absolute Gasteiger partial charge is 0.00454 e. The van der Waals surface area contributed by atoms with Crippen molar-refractivity contribution in [2.75, 3.05) is 0 Å². The van der Waals surface area contributed by atoms with Crippen LogP contribution in [0.15, 0.2) is 35.5 Å². The van der Waals surface area contributed by atoms with Gasteiger partial charge in [0.05, 0.1) is 0 Å². The average molecular weight is 146 g/mol. The summed E-state index contributed by atoms with van der Waals surface area (Å²) < 4.78 is 0. The summed E-state index contributed by atoms with van der Waals surface area (Å²) in [4.78, 5) is 0. The first-order chi connectivity index (χ1) is 5.38. The minimum atomic E-state index is 0.758. The Morgan fingerprint density at radius 3 is 3.18 bits per heavy atom. The highest BCUT2D eigenvalue weighted by Crippen LogP contribution is 2.33. The molecule has 11 heavy (non-hydrogen) atoms. The molecule has 0 aliphatic heterocycles. The maximum atomic E-state index is 2.39. The normalized spacial score (nSPS) is 29.0. The van der Waals surface area contributed by atoms with E-state index in [1.54, 1.807) is 11.1 Å². The van der Waals surface area contributed by atoms with E-state index in [1.807, 2.05) is 0 Å². The zero-order valence-corrected chi connectivity index (χ0v) is 7.01. The summed E-state index contributed by atoms with van der Waals surface area (Å²) in [7, 11) is 0. The van der Waals surface area contributed by atoms with Crippen molar-refractivity contribution in [3.8, 4) is 0 Å².